The van der Waals surface area contributed by atoms with Gasteiger partial charge in [-0.25, -0.2) is 0 Å². The summed E-state index contributed by atoms with van der Waals surface area (Å²) in [6.45, 7) is 2.16. The highest BCUT2D eigenvalue weighted by Gasteiger charge is 2.01. The van der Waals surface area contributed by atoms with Gasteiger partial charge in [-0.15, -0.1) is 22.7 Å². The molecule has 0 radical (unpaired) electrons. The largest absolute Gasteiger partial charge is 0.134 e. The molecule has 0 fully saturated rings. The van der Waals surface area contributed by atoms with Gasteiger partial charge >= 0.3 is 0 Å². The summed E-state index contributed by atoms with van der Waals surface area (Å²) in [5, 5.41) is 2.66. The minimum atomic E-state index is 1.31. The Hall–Kier alpha value is -1.90. The van der Waals surface area contributed by atoms with Crippen molar-refractivity contribution in [2.75, 3.05) is 0 Å². The third-order valence-corrected chi connectivity index (χ3v) is 6.02. The minimum Gasteiger partial charge on any atom is -0.134 e. The first kappa shape index (κ1) is 12.8. The second-order valence-corrected chi connectivity index (χ2v) is 7.31. The molecule has 1 aromatic heterocycles. The van der Waals surface area contributed by atoms with Gasteiger partial charge in [0.1, 0.15) is 0 Å². The van der Waals surface area contributed by atoms with Crippen LogP contribution in [-0.4, -0.2) is 0 Å². The normalized spacial score (nSPS) is 11.1. The van der Waals surface area contributed by atoms with Gasteiger partial charge in [-0.1, -0.05) is 42.5 Å². The molecule has 1 heterocycles. The molecule has 0 unspecified atom stereocenters. The third-order valence-electron chi connectivity index (χ3n) is 3.60. The molecular weight excluding hydrogens is 292 g/mol. The van der Waals surface area contributed by atoms with Crippen LogP contribution in [0.1, 0.15) is 5.56 Å². The summed E-state index contributed by atoms with van der Waals surface area (Å²) in [5.74, 6) is 0. The molecule has 0 saturated carbocycles. The highest BCUT2D eigenvalue weighted by atomic mass is 32.1. The third kappa shape index (κ3) is 2.31. The molecule has 0 amide bonds. The van der Waals surface area contributed by atoms with E-state index in [0.717, 1.165) is 0 Å². The van der Waals surface area contributed by atoms with E-state index < -0.39 is 0 Å². The Bertz CT molecular complexity index is 1000. The Morgan fingerprint density at radius 2 is 1.14 bits per heavy atom. The molecule has 3 aromatic carbocycles. The first-order chi connectivity index (χ1) is 10.3. The molecular formula is C19H14S2. The molecule has 4 rings (SSSR count). The van der Waals surface area contributed by atoms with Gasteiger partial charge in [-0.3, -0.25) is 0 Å². The maximum Gasteiger partial charge on any atom is 0.0451 e. The summed E-state index contributed by atoms with van der Waals surface area (Å²) in [5.41, 5.74) is 1.31. The maximum absolute atomic E-state index is 2.29. The zero-order valence-electron chi connectivity index (χ0n) is 11.7. The molecule has 21 heavy (non-hydrogen) atoms. The number of hydrogen-bond acceptors (Lipinski definition) is 2. The van der Waals surface area contributed by atoms with Crippen LogP contribution in [0.25, 0.3) is 29.6 Å². The molecule has 0 nitrogen and oxygen atoms in total. The van der Waals surface area contributed by atoms with Crippen molar-refractivity contribution in [3.05, 3.63) is 72.3 Å². The van der Waals surface area contributed by atoms with E-state index in [1.807, 2.05) is 22.7 Å². The Kier molecular flexibility index (Phi) is 3.13. The summed E-state index contributed by atoms with van der Waals surface area (Å²) in [4.78, 5) is 0. The molecule has 0 bridgehead atoms. The van der Waals surface area contributed by atoms with Gasteiger partial charge in [0, 0.05) is 29.6 Å². The zero-order chi connectivity index (χ0) is 14.2. The van der Waals surface area contributed by atoms with Gasteiger partial charge in [-0.05, 0) is 36.8 Å². The molecule has 0 aliphatic carbocycles. The van der Waals surface area contributed by atoms with Gasteiger partial charge in [0.15, 0.2) is 0 Å². The summed E-state index contributed by atoms with van der Waals surface area (Å²) in [6.07, 6.45) is 0. The standard InChI is InChI=1S/C19H14S2/c1-13-10-11-18-19(12-13)21-17-9-5-3-7-15(17)14-6-2-4-8-16(14)20-18/h2-12H,1H3. The van der Waals surface area contributed by atoms with Crippen molar-refractivity contribution in [2.45, 2.75) is 6.92 Å². The fraction of sp³-hybridized carbons (Fsp3) is 0.0526. The quantitative estimate of drug-likeness (QED) is 0.339. The SMILES string of the molecule is Cc1ccc2sc3ccccc3c3ccccc3sc2c1. The van der Waals surface area contributed by atoms with Gasteiger partial charge in [0.05, 0.1) is 0 Å². The van der Waals surface area contributed by atoms with Crippen LogP contribution in [0.2, 0.25) is 0 Å². The maximum atomic E-state index is 2.29. The first-order valence-corrected chi connectivity index (χ1v) is 8.59. The van der Waals surface area contributed by atoms with Crippen LogP contribution >= 0.6 is 22.7 Å². The average molecular weight is 306 g/mol. The van der Waals surface area contributed by atoms with Gasteiger partial charge < -0.3 is 0 Å². The van der Waals surface area contributed by atoms with Crippen molar-refractivity contribution in [2.24, 2.45) is 0 Å². The number of aryl methyl sites for hydroxylation is 1. The van der Waals surface area contributed by atoms with Crippen molar-refractivity contribution >= 4 is 52.2 Å². The molecule has 0 atom stereocenters. The van der Waals surface area contributed by atoms with Crippen LogP contribution in [0.3, 0.4) is 0 Å². The monoisotopic (exact) mass is 306 g/mol. The van der Waals surface area contributed by atoms with Crippen LogP contribution in [0.5, 0.6) is 0 Å². The predicted molar refractivity (Wildman–Crippen MR) is 97.1 cm³/mol. The number of hydrogen-bond donors (Lipinski definition) is 0. The number of fused-ring (bicyclic) bond motifs is 4. The first-order valence-electron chi connectivity index (χ1n) is 6.96. The van der Waals surface area contributed by atoms with E-state index in [1.165, 1.54) is 35.1 Å². The predicted octanol–water partition coefficient (Wildman–Crippen LogP) is 6.70. The minimum absolute atomic E-state index is 1.31. The Labute approximate surface area is 131 Å². The van der Waals surface area contributed by atoms with Crippen molar-refractivity contribution in [1.29, 1.82) is 0 Å². The van der Waals surface area contributed by atoms with Crippen LogP contribution in [0.4, 0.5) is 0 Å². The van der Waals surface area contributed by atoms with Crippen molar-refractivity contribution in [3.8, 4) is 0 Å². The molecule has 2 heteroatoms. The number of benzene rings is 3. The second-order valence-electron chi connectivity index (χ2n) is 5.15. The average Bonchev–Trinajstić information content (AvgIpc) is 2.49. The van der Waals surface area contributed by atoms with E-state index >= 15 is 0 Å². The Morgan fingerprint density at radius 1 is 0.571 bits per heavy atom. The van der Waals surface area contributed by atoms with Crippen molar-refractivity contribution in [3.63, 3.8) is 0 Å². The van der Waals surface area contributed by atoms with E-state index in [9.17, 15) is 0 Å². The van der Waals surface area contributed by atoms with Gasteiger partial charge in [-0.2, -0.15) is 0 Å². The lowest BCUT2D eigenvalue weighted by Gasteiger charge is -2.03. The topological polar surface area (TPSA) is 0 Å². The summed E-state index contributed by atoms with van der Waals surface area (Å²) < 4.78 is 5.35. The van der Waals surface area contributed by atoms with Crippen LogP contribution in [-0.2, 0) is 0 Å². The van der Waals surface area contributed by atoms with E-state index in [0.29, 0.717) is 0 Å². The van der Waals surface area contributed by atoms with E-state index in [2.05, 4.69) is 73.7 Å². The second kappa shape index (κ2) is 5.14. The lowest BCUT2D eigenvalue weighted by molar-refractivity contribution is 1.52. The molecule has 0 aliphatic rings. The summed E-state index contributed by atoms with van der Waals surface area (Å²) in [7, 11) is 0. The van der Waals surface area contributed by atoms with Gasteiger partial charge in [0.2, 0.25) is 0 Å². The molecule has 102 valence electrons. The van der Waals surface area contributed by atoms with Crippen LogP contribution in [0.15, 0.2) is 66.7 Å². The Morgan fingerprint density at radius 3 is 1.81 bits per heavy atom. The lowest BCUT2D eigenvalue weighted by atomic mass is 10.1. The zero-order valence-corrected chi connectivity index (χ0v) is 13.3. The Balaban J connectivity index is 2.35. The van der Waals surface area contributed by atoms with Crippen LogP contribution < -0.4 is 0 Å². The summed E-state index contributed by atoms with van der Waals surface area (Å²) in [6, 6.07) is 24.1. The van der Waals surface area contributed by atoms with Crippen molar-refractivity contribution < 1.29 is 0 Å². The fourth-order valence-corrected chi connectivity index (χ4v) is 4.87. The lowest BCUT2D eigenvalue weighted by Crippen LogP contribution is -1.74. The molecule has 4 aromatic rings. The highest BCUT2D eigenvalue weighted by molar-refractivity contribution is 7.31. The summed E-state index contributed by atoms with van der Waals surface area (Å²) >= 11 is 3.74. The number of rotatable bonds is 0. The molecule has 0 spiro atoms. The molecule has 0 N–H and O–H groups in total. The highest BCUT2D eigenvalue weighted by Crippen LogP contribution is 2.33. The van der Waals surface area contributed by atoms with Crippen LogP contribution in [0, 0.1) is 6.92 Å². The van der Waals surface area contributed by atoms with Crippen molar-refractivity contribution in [1.82, 2.24) is 0 Å². The smallest absolute Gasteiger partial charge is 0.0451 e. The van der Waals surface area contributed by atoms with E-state index in [-0.39, 0.29) is 0 Å². The van der Waals surface area contributed by atoms with E-state index in [1.54, 1.807) is 0 Å². The molecule has 0 aliphatic heterocycles. The molecule has 0 saturated heterocycles. The van der Waals surface area contributed by atoms with E-state index in [4.69, 9.17) is 0 Å². The fourth-order valence-electron chi connectivity index (χ4n) is 2.57. The van der Waals surface area contributed by atoms with Gasteiger partial charge in [0.25, 0.3) is 0 Å².